The van der Waals surface area contributed by atoms with Crippen molar-refractivity contribution in [3.05, 3.63) is 78.1 Å². The van der Waals surface area contributed by atoms with Crippen LogP contribution < -0.4 is 14.8 Å². The van der Waals surface area contributed by atoms with Gasteiger partial charge >= 0.3 is 0 Å². The van der Waals surface area contributed by atoms with Crippen LogP contribution in [-0.4, -0.2) is 59.8 Å². The molecule has 35 heavy (non-hydrogen) atoms. The Balaban J connectivity index is 1.27. The quantitative estimate of drug-likeness (QED) is 0.522. The van der Waals surface area contributed by atoms with Crippen LogP contribution in [0.5, 0.6) is 11.5 Å². The molecule has 0 spiro atoms. The lowest BCUT2D eigenvalue weighted by atomic mass is 10.00. The molecule has 2 N–H and O–H groups in total. The predicted molar refractivity (Wildman–Crippen MR) is 133 cm³/mol. The highest BCUT2D eigenvalue weighted by molar-refractivity contribution is 5.79. The topological polar surface area (TPSA) is 83.9 Å². The molecule has 2 aliphatic rings. The third-order valence-electron chi connectivity index (χ3n) is 6.60. The van der Waals surface area contributed by atoms with E-state index in [1.807, 2.05) is 60.8 Å². The molecule has 0 radical (unpaired) electrons. The number of nitrogens with zero attached hydrogens (tertiary/aromatic N) is 2. The summed E-state index contributed by atoms with van der Waals surface area (Å²) in [6.45, 7) is 3.57. The van der Waals surface area contributed by atoms with E-state index in [1.54, 1.807) is 6.20 Å². The maximum Gasteiger partial charge on any atom is 0.224 e. The van der Waals surface area contributed by atoms with Crippen molar-refractivity contribution < 1.29 is 19.4 Å². The van der Waals surface area contributed by atoms with Crippen molar-refractivity contribution in [2.24, 2.45) is 0 Å². The number of ether oxygens (including phenoxy) is 2. The van der Waals surface area contributed by atoms with Crippen LogP contribution in [0.15, 0.2) is 67.0 Å². The molecule has 2 aromatic carbocycles. The molecule has 7 heteroatoms. The van der Waals surface area contributed by atoms with E-state index in [9.17, 15) is 9.90 Å². The molecule has 182 valence electrons. The standard InChI is InChI=1S/C28H31N3O4/c32-27(16-20-5-7-21(8-6-20)23-4-3-11-29-18-23)30-24(19-31-12-1-2-13-31)28(33)22-9-10-25-26(17-22)35-15-14-34-25/h3-11,17-18,24,28,33H,1-2,12-16,19H2,(H,30,32)/t24-,28-/m1/s1. The zero-order valence-corrected chi connectivity index (χ0v) is 19.7. The number of amides is 1. The van der Waals surface area contributed by atoms with Crippen molar-refractivity contribution in [2.45, 2.75) is 31.4 Å². The zero-order valence-electron chi connectivity index (χ0n) is 19.7. The fourth-order valence-corrected chi connectivity index (χ4v) is 4.74. The Morgan fingerprint density at radius 3 is 2.51 bits per heavy atom. The lowest BCUT2D eigenvalue weighted by Crippen LogP contribution is -2.47. The Bertz CT molecular complexity index is 1130. The van der Waals surface area contributed by atoms with E-state index >= 15 is 0 Å². The molecule has 3 aromatic rings. The van der Waals surface area contributed by atoms with E-state index in [4.69, 9.17) is 9.47 Å². The van der Waals surface area contributed by atoms with Gasteiger partial charge in [-0.3, -0.25) is 9.78 Å². The first-order chi connectivity index (χ1) is 17.2. The normalized spacial score (nSPS) is 17.1. The van der Waals surface area contributed by atoms with Gasteiger partial charge in [0.25, 0.3) is 0 Å². The van der Waals surface area contributed by atoms with Crippen LogP contribution >= 0.6 is 0 Å². The summed E-state index contributed by atoms with van der Waals surface area (Å²) in [5.41, 5.74) is 3.73. The van der Waals surface area contributed by atoms with Crippen molar-refractivity contribution in [1.82, 2.24) is 15.2 Å². The molecule has 7 nitrogen and oxygen atoms in total. The summed E-state index contributed by atoms with van der Waals surface area (Å²) in [6, 6.07) is 16.9. The van der Waals surface area contributed by atoms with Crippen LogP contribution in [0.3, 0.4) is 0 Å². The molecule has 0 bridgehead atoms. The lowest BCUT2D eigenvalue weighted by molar-refractivity contribution is -0.122. The molecule has 1 saturated heterocycles. The lowest BCUT2D eigenvalue weighted by Gasteiger charge is -2.29. The molecule has 0 saturated carbocycles. The molecule has 2 atom stereocenters. The first-order valence-corrected chi connectivity index (χ1v) is 12.2. The summed E-state index contributed by atoms with van der Waals surface area (Å²) in [5, 5.41) is 14.4. The summed E-state index contributed by atoms with van der Waals surface area (Å²) in [7, 11) is 0. The average Bonchev–Trinajstić information content (AvgIpc) is 3.42. The van der Waals surface area contributed by atoms with Crippen LogP contribution in [0.2, 0.25) is 0 Å². The number of aromatic nitrogens is 1. The number of carbonyl (C=O) groups is 1. The molecule has 1 fully saturated rings. The van der Waals surface area contributed by atoms with Gasteiger partial charge in [-0.2, -0.15) is 0 Å². The molecule has 0 aliphatic carbocycles. The molecule has 1 aromatic heterocycles. The van der Waals surface area contributed by atoms with Gasteiger partial charge in [-0.05, 0) is 66.4 Å². The van der Waals surface area contributed by atoms with Gasteiger partial charge in [-0.1, -0.05) is 36.4 Å². The highest BCUT2D eigenvalue weighted by atomic mass is 16.6. The first-order valence-electron chi connectivity index (χ1n) is 12.2. The van der Waals surface area contributed by atoms with Crippen molar-refractivity contribution >= 4 is 5.91 Å². The van der Waals surface area contributed by atoms with Gasteiger partial charge < -0.3 is 24.8 Å². The maximum atomic E-state index is 13.0. The highest BCUT2D eigenvalue weighted by Crippen LogP contribution is 2.33. The number of fused-ring (bicyclic) bond motifs is 1. The molecule has 2 aliphatic heterocycles. The molecule has 1 amide bonds. The fourth-order valence-electron chi connectivity index (χ4n) is 4.74. The monoisotopic (exact) mass is 473 g/mol. The molecule has 0 unspecified atom stereocenters. The van der Waals surface area contributed by atoms with Gasteiger partial charge in [0.1, 0.15) is 19.3 Å². The third-order valence-corrected chi connectivity index (χ3v) is 6.60. The number of pyridine rings is 1. The fraction of sp³-hybridized carbons (Fsp3) is 0.357. The van der Waals surface area contributed by atoms with Gasteiger partial charge in [-0.15, -0.1) is 0 Å². The number of aliphatic hydroxyl groups is 1. The van der Waals surface area contributed by atoms with Crippen molar-refractivity contribution in [3.63, 3.8) is 0 Å². The number of carbonyl (C=O) groups excluding carboxylic acids is 1. The van der Waals surface area contributed by atoms with Gasteiger partial charge in [0.15, 0.2) is 11.5 Å². The van der Waals surface area contributed by atoms with Gasteiger partial charge in [-0.25, -0.2) is 0 Å². The van der Waals surface area contributed by atoms with Crippen LogP contribution in [0.4, 0.5) is 0 Å². The second-order valence-electron chi connectivity index (χ2n) is 9.15. The summed E-state index contributed by atoms with van der Waals surface area (Å²) >= 11 is 0. The third kappa shape index (κ3) is 5.81. The number of aliphatic hydroxyl groups excluding tert-OH is 1. The zero-order chi connectivity index (χ0) is 24.0. The van der Waals surface area contributed by atoms with Crippen molar-refractivity contribution in [3.8, 4) is 22.6 Å². The van der Waals surface area contributed by atoms with E-state index in [-0.39, 0.29) is 12.3 Å². The van der Waals surface area contributed by atoms with Crippen LogP contribution in [0, 0.1) is 0 Å². The molecule has 3 heterocycles. The van der Waals surface area contributed by atoms with E-state index in [0.717, 1.165) is 42.6 Å². The Kier molecular flexibility index (Phi) is 7.25. The highest BCUT2D eigenvalue weighted by Gasteiger charge is 2.28. The first kappa shape index (κ1) is 23.3. The van der Waals surface area contributed by atoms with Gasteiger partial charge in [0.05, 0.1) is 12.5 Å². The minimum atomic E-state index is -0.858. The predicted octanol–water partition coefficient (Wildman–Crippen LogP) is 3.38. The van der Waals surface area contributed by atoms with E-state index in [0.29, 0.717) is 36.8 Å². The Morgan fingerprint density at radius 2 is 1.77 bits per heavy atom. The van der Waals surface area contributed by atoms with Crippen LogP contribution in [-0.2, 0) is 11.2 Å². The SMILES string of the molecule is O=C(Cc1ccc(-c2cccnc2)cc1)N[C@H](CN1CCCC1)[C@H](O)c1ccc2c(c1)OCCO2. The second-order valence-corrected chi connectivity index (χ2v) is 9.15. The number of hydrogen-bond donors (Lipinski definition) is 2. The van der Waals surface area contributed by atoms with Crippen molar-refractivity contribution in [1.29, 1.82) is 0 Å². The second kappa shape index (κ2) is 10.9. The number of likely N-dealkylation sites (tertiary alicyclic amines) is 1. The summed E-state index contributed by atoms with van der Waals surface area (Å²) < 4.78 is 11.3. The summed E-state index contributed by atoms with van der Waals surface area (Å²) in [5.74, 6) is 1.20. The average molecular weight is 474 g/mol. The molecular weight excluding hydrogens is 442 g/mol. The minimum absolute atomic E-state index is 0.111. The van der Waals surface area contributed by atoms with E-state index in [1.165, 1.54) is 0 Å². The molecule has 5 rings (SSSR count). The summed E-state index contributed by atoms with van der Waals surface area (Å²) in [6.07, 6.45) is 5.25. The Labute approximate surface area is 205 Å². The smallest absolute Gasteiger partial charge is 0.224 e. The van der Waals surface area contributed by atoms with Gasteiger partial charge in [0, 0.05) is 18.9 Å². The number of nitrogens with one attached hydrogen (secondary N) is 1. The Morgan fingerprint density at radius 1 is 1.00 bits per heavy atom. The summed E-state index contributed by atoms with van der Waals surface area (Å²) in [4.78, 5) is 19.5. The van der Waals surface area contributed by atoms with Crippen LogP contribution in [0.1, 0.15) is 30.1 Å². The maximum absolute atomic E-state index is 13.0. The minimum Gasteiger partial charge on any atom is -0.486 e. The number of benzene rings is 2. The van der Waals surface area contributed by atoms with E-state index < -0.39 is 12.1 Å². The van der Waals surface area contributed by atoms with Crippen LogP contribution in [0.25, 0.3) is 11.1 Å². The largest absolute Gasteiger partial charge is 0.486 e. The number of hydrogen-bond acceptors (Lipinski definition) is 6. The Hall–Kier alpha value is -3.42. The van der Waals surface area contributed by atoms with E-state index in [2.05, 4.69) is 15.2 Å². The number of rotatable bonds is 8. The van der Waals surface area contributed by atoms with Crippen molar-refractivity contribution in [2.75, 3.05) is 32.8 Å². The van der Waals surface area contributed by atoms with Gasteiger partial charge in [0.2, 0.25) is 5.91 Å². The molecular formula is C28H31N3O4.